The maximum Gasteiger partial charge on any atom is 0.338 e. The summed E-state index contributed by atoms with van der Waals surface area (Å²) in [6, 6.07) is 1.54. The fourth-order valence-electron chi connectivity index (χ4n) is 0.989. The number of phenolic OH excluding ortho intramolecular Hbond substituents is 1. The maximum atomic E-state index is 13.1. The normalized spacial score (nSPS) is 11.5. The number of amidine groups is 1. The lowest BCUT2D eigenvalue weighted by atomic mass is 10.2. The lowest BCUT2D eigenvalue weighted by molar-refractivity contribution is 0.0692. The van der Waals surface area contributed by atoms with Gasteiger partial charge in [0.25, 0.3) is 0 Å². The van der Waals surface area contributed by atoms with Crippen molar-refractivity contribution in [2.75, 3.05) is 5.88 Å². The van der Waals surface area contributed by atoms with E-state index in [1.807, 2.05) is 0 Å². The molecule has 0 heterocycles. The molecule has 0 saturated heterocycles. The monoisotopic (exact) mass is 246 g/mol. The van der Waals surface area contributed by atoms with E-state index >= 15 is 0 Å². The van der Waals surface area contributed by atoms with Crippen LogP contribution >= 0.6 is 11.6 Å². The molecular weight excluding hydrogens is 239 g/mol. The summed E-state index contributed by atoms with van der Waals surface area (Å²) in [6.45, 7) is 0. The summed E-state index contributed by atoms with van der Waals surface area (Å²) in [5.41, 5.74) is 4.56. The van der Waals surface area contributed by atoms with Crippen molar-refractivity contribution in [2.24, 2.45) is 10.7 Å². The first-order valence-electron chi connectivity index (χ1n) is 4.10. The molecule has 0 aliphatic rings. The highest BCUT2D eigenvalue weighted by molar-refractivity contribution is 6.28. The van der Waals surface area contributed by atoms with Crippen LogP contribution < -0.4 is 5.73 Å². The summed E-state index contributed by atoms with van der Waals surface area (Å²) >= 11 is 5.36. The number of carbonyl (C=O) groups is 1. The van der Waals surface area contributed by atoms with Crippen LogP contribution in [-0.4, -0.2) is 27.9 Å². The molecule has 0 saturated carbocycles. The Morgan fingerprint density at radius 3 is 2.69 bits per heavy atom. The first kappa shape index (κ1) is 12.3. The number of aromatic hydroxyl groups is 1. The van der Waals surface area contributed by atoms with Gasteiger partial charge in [0.2, 0.25) is 0 Å². The first-order chi connectivity index (χ1) is 7.45. The van der Waals surface area contributed by atoms with Crippen LogP contribution in [0.4, 0.5) is 10.1 Å². The van der Waals surface area contributed by atoms with Gasteiger partial charge in [-0.25, -0.2) is 14.2 Å². The van der Waals surface area contributed by atoms with Gasteiger partial charge in [-0.3, -0.25) is 0 Å². The first-order valence-corrected chi connectivity index (χ1v) is 4.64. The molecule has 0 amide bonds. The van der Waals surface area contributed by atoms with Crippen molar-refractivity contribution < 1.29 is 19.4 Å². The molecule has 0 unspecified atom stereocenters. The molecular formula is C9H8ClFN2O3. The number of carboxylic acid groups (broad SMARTS) is 1. The fourth-order valence-corrected chi connectivity index (χ4v) is 1.05. The van der Waals surface area contributed by atoms with Gasteiger partial charge >= 0.3 is 5.97 Å². The third-order valence-corrected chi connectivity index (χ3v) is 1.97. The van der Waals surface area contributed by atoms with Crippen molar-refractivity contribution >= 4 is 29.1 Å². The molecule has 1 rings (SSSR count). The largest absolute Gasteiger partial charge is 0.506 e. The van der Waals surface area contributed by atoms with E-state index in [-0.39, 0.29) is 17.4 Å². The molecule has 0 aliphatic heterocycles. The van der Waals surface area contributed by atoms with E-state index in [0.717, 1.165) is 6.07 Å². The van der Waals surface area contributed by atoms with E-state index in [9.17, 15) is 14.3 Å². The van der Waals surface area contributed by atoms with E-state index in [4.69, 9.17) is 22.4 Å². The van der Waals surface area contributed by atoms with Crippen LogP contribution in [0.25, 0.3) is 0 Å². The van der Waals surface area contributed by atoms with Gasteiger partial charge in [0.05, 0.1) is 11.4 Å². The molecule has 0 atom stereocenters. The minimum Gasteiger partial charge on any atom is -0.506 e. The minimum absolute atomic E-state index is 0.0140. The highest BCUT2D eigenvalue weighted by Crippen LogP contribution is 2.29. The SMILES string of the molecule is NC(CCl)=Nc1cc(C(=O)O)c(F)cc1O. The van der Waals surface area contributed by atoms with E-state index in [0.29, 0.717) is 6.07 Å². The molecule has 0 spiro atoms. The van der Waals surface area contributed by atoms with Gasteiger partial charge in [0.1, 0.15) is 23.1 Å². The molecule has 0 radical (unpaired) electrons. The smallest absolute Gasteiger partial charge is 0.338 e. The van der Waals surface area contributed by atoms with Gasteiger partial charge in [-0.2, -0.15) is 0 Å². The number of rotatable bonds is 3. The molecule has 0 aromatic heterocycles. The summed E-state index contributed by atoms with van der Waals surface area (Å²) in [5, 5.41) is 17.9. The van der Waals surface area contributed by atoms with E-state index < -0.39 is 23.1 Å². The Morgan fingerprint density at radius 2 is 2.19 bits per heavy atom. The second-order valence-corrected chi connectivity index (χ2v) is 3.13. The quantitative estimate of drug-likeness (QED) is 0.427. The molecule has 86 valence electrons. The zero-order valence-electron chi connectivity index (χ0n) is 7.94. The molecule has 0 aliphatic carbocycles. The van der Waals surface area contributed by atoms with Crippen molar-refractivity contribution in [2.45, 2.75) is 0 Å². The van der Waals surface area contributed by atoms with Crippen molar-refractivity contribution in [1.29, 1.82) is 0 Å². The van der Waals surface area contributed by atoms with Crippen molar-refractivity contribution in [1.82, 2.24) is 0 Å². The number of carboxylic acids is 1. The summed E-state index contributed by atoms with van der Waals surface area (Å²) in [5.74, 6) is -3.11. The lowest BCUT2D eigenvalue weighted by Crippen LogP contribution is -2.12. The Hall–Kier alpha value is -1.82. The van der Waals surface area contributed by atoms with Crippen LogP contribution in [0.2, 0.25) is 0 Å². The number of nitrogens with two attached hydrogens (primary N) is 1. The zero-order valence-corrected chi connectivity index (χ0v) is 8.70. The zero-order chi connectivity index (χ0) is 12.3. The molecule has 0 bridgehead atoms. The minimum atomic E-state index is -1.46. The van der Waals surface area contributed by atoms with Crippen LogP contribution in [0.15, 0.2) is 17.1 Å². The van der Waals surface area contributed by atoms with Crippen LogP contribution in [0.5, 0.6) is 5.75 Å². The number of aromatic carboxylic acids is 1. The molecule has 5 nitrogen and oxygen atoms in total. The summed E-state index contributed by atoms with van der Waals surface area (Å²) in [7, 11) is 0. The van der Waals surface area contributed by atoms with Crippen molar-refractivity contribution in [3.05, 3.63) is 23.5 Å². The number of aliphatic imine (C=N–C) groups is 1. The topological polar surface area (TPSA) is 95.9 Å². The lowest BCUT2D eigenvalue weighted by Gasteiger charge is -2.03. The number of nitrogens with zero attached hydrogens (tertiary/aromatic N) is 1. The van der Waals surface area contributed by atoms with Gasteiger partial charge in [0, 0.05) is 6.07 Å². The second kappa shape index (κ2) is 4.80. The number of alkyl halides is 1. The Morgan fingerprint density at radius 1 is 1.56 bits per heavy atom. The fraction of sp³-hybridized carbons (Fsp3) is 0.111. The predicted octanol–water partition coefficient (Wildman–Crippen LogP) is 1.46. The van der Waals surface area contributed by atoms with Crippen LogP contribution in [0, 0.1) is 5.82 Å². The molecule has 1 aromatic rings. The van der Waals surface area contributed by atoms with E-state index in [1.165, 1.54) is 0 Å². The Labute approximate surface area is 95.0 Å². The summed E-state index contributed by atoms with van der Waals surface area (Å²) in [6.07, 6.45) is 0. The number of phenols is 1. The highest BCUT2D eigenvalue weighted by Gasteiger charge is 2.14. The Kier molecular flexibility index (Phi) is 3.68. The predicted molar refractivity (Wildman–Crippen MR) is 57.0 cm³/mol. The maximum absolute atomic E-state index is 13.1. The number of benzene rings is 1. The van der Waals surface area contributed by atoms with E-state index in [1.54, 1.807) is 0 Å². The van der Waals surface area contributed by atoms with Gasteiger partial charge in [-0.1, -0.05) is 0 Å². The molecule has 4 N–H and O–H groups in total. The third kappa shape index (κ3) is 2.60. The van der Waals surface area contributed by atoms with Crippen molar-refractivity contribution in [3.8, 4) is 5.75 Å². The van der Waals surface area contributed by atoms with Gasteiger partial charge in [0.15, 0.2) is 0 Å². The Bertz CT molecular complexity index is 462. The van der Waals surface area contributed by atoms with Gasteiger partial charge in [-0.15, -0.1) is 11.6 Å². The molecule has 16 heavy (non-hydrogen) atoms. The summed E-state index contributed by atoms with van der Waals surface area (Å²) < 4.78 is 13.1. The standard InChI is InChI=1S/C9H8ClFN2O3/c10-3-8(12)13-6-1-4(9(15)16)5(11)2-7(6)14/h1-2,14H,3H2,(H2,12,13)(H,15,16). The average Bonchev–Trinajstić information content (AvgIpc) is 2.21. The van der Waals surface area contributed by atoms with Crippen LogP contribution in [0.1, 0.15) is 10.4 Å². The number of halogens is 2. The van der Waals surface area contributed by atoms with Gasteiger partial charge < -0.3 is 15.9 Å². The van der Waals surface area contributed by atoms with Crippen molar-refractivity contribution in [3.63, 3.8) is 0 Å². The third-order valence-electron chi connectivity index (χ3n) is 1.70. The summed E-state index contributed by atoms with van der Waals surface area (Å²) in [4.78, 5) is 14.3. The average molecular weight is 247 g/mol. The molecule has 7 heteroatoms. The molecule has 1 aromatic carbocycles. The Balaban J connectivity index is 3.30. The van der Waals surface area contributed by atoms with Crippen LogP contribution in [-0.2, 0) is 0 Å². The van der Waals surface area contributed by atoms with Crippen LogP contribution in [0.3, 0.4) is 0 Å². The molecule has 0 fully saturated rings. The number of hydrogen-bond donors (Lipinski definition) is 3. The highest BCUT2D eigenvalue weighted by atomic mass is 35.5. The number of hydrogen-bond acceptors (Lipinski definition) is 3. The second-order valence-electron chi connectivity index (χ2n) is 2.86. The van der Waals surface area contributed by atoms with Gasteiger partial charge in [-0.05, 0) is 6.07 Å². The van der Waals surface area contributed by atoms with E-state index in [2.05, 4.69) is 4.99 Å².